The highest BCUT2D eigenvalue weighted by atomic mass is 35.5. The van der Waals surface area contributed by atoms with Crippen LogP contribution in [-0.2, 0) is 11.2 Å². The van der Waals surface area contributed by atoms with Crippen LogP contribution in [0.5, 0.6) is 5.88 Å². The Hall–Kier alpha value is -4.32. The van der Waals surface area contributed by atoms with Crippen LogP contribution >= 0.6 is 11.6 Å². The summed E-state index contributed by atoms with van der Waals surface area (Å²) >= 11 is 6.14. The number of fused-ring (bicyclic) bond motifs is 1. The number of carbonyl (C=O) groups excluding carboxylic acids is 2. The van der Waals surface area contributed by atoms with Crippen LogP contribution in [0.3, 0.4) is 0 Å². The third-order valence-corrected chi connectivity index (χ3v) is 7.37. The highest BCUT2D eigenvalue weighted by Crippen LogP contribution is 2.42. The van der Waals surface area contributed by atoms with Crippen molar-refractivity contribution in [3.8, 4) is 28.4 Å². The summed E-state index contributed by atoms with van der Waals surface area (Å²) in [7, 11) is 1.39. The Morgan fingerprint density at radius 2 is 1.90 bits per heavy atom. The molecule has 2 aliphatic carbocycles. The lowest BCUT2D eigenvalue weighted by molar-refractivity contribution is -0.124. The third kappa shape index (κ3) is 4.57. The predicted molar refractivity (Wildman–Crippen MR) is 137 cm³/mol. The molecule has 0 bridgehead atoms. The number of benzene rings is 2. The van der Waals surface area contributed by atoms with Gasteiger partial charge in [0.15, 0.2) is 0 Å². The topological polar surface area (TPSA) is 132 Å². The zero-order valence-corrected chi connectivity index (χ0v) is 22.1. The molecule has 2 aromatic heterocycles. The molecular formula is C27H22ClF2N5O5. The number of hydrogen-bond acceptors (Lipinski definition) is 8. The van der Waals surface area contributed by atoms with Gasteiger partial charge in [0.25, 0.3) is 11.8 Å². The van der Waals surface area contributed by atoms with Crippen LogP contribution in [0.1, 0.15) is 52.9 Å². The Morgan fingerprint density at radius 3 is 2.58 bits per heavy atom. The Morgan fingerprint density at radius 1 is 1.10 bits per heavy atom. The second-order valence-corrected chi connectivity index (χ2v) is 10.2. The fraction of sp³-hybridized carbons (Fsp3) is 0.296. The largest absolute Gasteiger partial charge is 0.479 e. The smallest absolute Gasteiger partial charge is 0.290 e. The standard InChI is InChI=1S/C27H22ClF2N5O5/c1-12-31-24(35-39-12)23-16(9-15(28)10-18(23)30)14-7-13-3-4-19(22(13)17(29)8-14)32-26(37)27(5-6-27)33-25(36)20-11-21(38-2)34-40-20/h7-11,19H,3-6H2,1-2H3,(H,32,37)(H,33,36). The molecule has 4 aromatic rings. The normalized spacial score (nSPS) is 16.9. The first kappa shape index (κ1) is 25.9. The molecule has 1 unspecified atom stereocenters. The maximum Gasteiger partial charge on any atom is 0.290 e. The second kappa shape index (κ2) is 9.70. The molecule has 2 N–H and O–H groups in total. The van der Waals surface area contributed by atoms with Crippen LogP contribution in [0.4, 0.5) is 8.78 Å². The van der Waals surface area contributed by atoms with Gasteiger partial charge >= 0.3 is 0 Å². The number of aryl methyl sites for hydroxylation is 2. The Kier molecular flexibility index (Phi) is 6.29. The molecule has 40 heavy (non-hydrogen) atoms. The highest BCUT2D eigenvalue weighted by molar-refractivity contribution is 6.31. The van der Waals surface area contributed by atoms with Crippen LogP contribution in [0.25, 0.3) is 22.5 Å². The molecule has 0 radical (unpaired) electrons. The molecule has 0 saturated heterocycles. The summed E-state index contributed by atoms with van der Waals surface area (Å²) < 4.78 is 45.5. The summed E-state index contributed by atoms with van der Waals surface area (Å²) in [5, 5.41) is 13.1. The molecule has 0 spiro atoms. The maximum atomic E-state index is 15.6. The molecule has 2 heterocycles. The van der Waals surface area contributed by atoms with Crippen LogP contribution in [0.15, 0.2) is 39.4 Å². The second-order valence-electron chi connectivity index (χ2n) is 9.81. The number of halogens is 3. The van der Waals surface area contributed by atoms with E-state index in [1.165, 1.54) is 25.3 Å². The summed E-state index contributed by atoms with van der Waals surface area (Å²) in [5.41, 5.74) is 0.627. The lowest BCUT2D eigenvalue weighted by Crippen LogP contribution is -2.49. The van der Waals surface area contributed by atoms with Crippen molar-refractivity contribution >= 4 is 23.4 Å². The van der Waals surface area contributed by atoms with Gasteiger partial charge in [-0.15, -0.1) is 0 Å². The quantitative estimate of drug-likeness (QED) is 0.327. The minimum absolute atomic E-state index is 0.0215. The van der Waals surface area contributed by atoms with Gasteiger partial charge in [0.2, 0.25) is 23.4 Å². The summed E-state index contributed by atoms with van der Waals surface area (Å²) in [5.74, 6) is -1.94. The Bertz CT molecular complexity index is 1660. The van der Waals surface area contributed by atoms with E-state index >= 15 is 8.78 Å². The maximum absolute atomic E-state index is 15.6. The number of hydrogen-bond donors (Lipinski definition) is 2. The SMILES string of the molecule is COc1cc(C(=O)NC2(C(=O)NC3CCc4cc(-c5cc(Cl)cc(F)c5-c5noc(C)n5)cc(F)c43)CC2)on1. The molecule has 6 rings (SSSR count). The first-order chi connectivity index (χ1) is 19.2. The molecule has 2 aromatic carbocycles. The minimum atomic E-state index is -1.12. The molecule has 10 nitrogen and oxygen atoms in total. The number of methoxy groups -OCH3 is 1. The lowest BCUT2D eigenvalue weighted by atomic mass is 9.95. The zero-order chi connectivity index (χ0) is 28.2. The number of rotatable bonds is 7. The molecule has 1 fully saturated rings. The summed E-state index contributed by atoms with van der Waals surface area (Å²) in [6, 6.07) is 6.39. The summed E-state index contributed by atoms with van der Waals surface area (Å²) in [6.45, 7) is 1.58. The van der Waals surface area contributed by atoms with E-state index in [-0.39, 0.29) is 33.9 Å². The molecule has 206 valence electrons. The van der Waals surface area contributed by atoms with Crippen molar-refractivity contribution in [1.82, 2.24) is 25.9 Å². The number of amides is 2. The molecule has 0 aliphatic heterocycles. The van der Waals surface area contributed by atoms with E-state index < -0.39 is 35.0 Å². The first-order valence-corrected chi connectivity index (χ1v) is 12.8. The van der Waals surface area contributed by atoms with Gasteiger partial charge in [0.1, 0.15) is 17.2 Å². The van der Waals surface area contributed by atoms with Crippen molar-refractivity contribution in [2.45, 2.75) is 44.2 Å². The average molecular weight is 570 g/mol. The fourth-order valence-electron chi connectivity index (χ4n) is 5.02. The third-order valence-electron chi connectivity index (χ3n) is 7.15. The van der Waals surface area contributed by atoms with Crippen LogP contribution in [0.2, 0.25) is 5.02 Å². The number of nitrogens with zero attached hydrogens (tertiary/aromatic N) is 3. The van der Waals surface area contributed by atoms with Crippen molar-refractivity contribution in [2.24, 2.45) is 0 Å². The zero-order valence-electron chi connectivity index (χ0n) is 21.3. The molecule has 13 heteroatoms. The Balaban J connectivity index is 1.25. The van der Waals surface area contributed by atoms with Gasteiger partial charge in [0, 0.05) is 17.5 Å². The van der Waals surface area contributed by atoms with Crippen molar-refractivity contribution in [2.75, 3.05) is 7.11 Å². The van der Waals surface area contributed by atoms with Crippen molar-refractivity contribution in [3.05, 3.63) is 69.8 Å². The monoisotopic (exact) mass is 569 g/mol. The molecule has 2 amide bonds. The van der Waals surface area contributed by atoms with E-state index in [4.69, 9.17) is 25.4 Å². The highest BCUT2D eigenvalue weighted by Gasteiger charge is 2.52. The van der Waals surface area contributed by atoms with Gasteiger partial charge in [-0.1, -0.05) is 22.8 Å². The molecule has 1 saturated carbocycles. The van der Waals surface area contributed by atoms with E-state index in [9.17, 15) is 9.59 Å². The number of carbonyl (C=O) groups is 2. The summed E-state index contributed by atoms with van der Waals surface area (Å²) in [4.78, 5) is 29.9. The first-order valence-electron chi connectivity index (χ1n) is 12.4. The van der Waals surface area contributed by atoms with Crippen LogP contribution < -0.4 is 15.4 Å². The van der Waals surface area contributed by atoms with Crippen LogP contribution in [0, 0.1) is 18.6 Å². The van der Waals surface area contributed by atoms with E-state index in [2.05, 4.69) is 25.9 Å². The minimum Gasteiger partial charge on any atom is -0.479 e. The van der Waals surface area contributed by atoms with E-state index in [0.717, 1.165) is 6.07 Å². The van der Waals surface area contributed by atoms with Gasteiger partial charge in [0.05, 0.1) is 24.8 Å². The Labute approximate surface area is 231 Å². The van der Waals surface area contributed by atoms with Gasteiger partial charge in [-0.2, -0.15) is 4.98 Å². The van der Waals surface area contributed by atoms with E-state index in [1.54, 1.807) is 13.0 Å². The lowest BCUT2D eigenvalue weighted by Gasteiger charge is -2.21. The van der Waals surface area contributed by atoms with Gasteiger partial charge in [-0.3, -0.25) is 9.59 Å². The average Bonchev–Trinajstić information content (AvgIpc) is 3.24. The van der Waals surface area contributed by atoms with E-state index in [1.807, 2.05) is 0 Å². The van der Waals surface area contributed by atoms with Crippen LogP contribution in [-0.4, -0.2) is 39.8 Å². The number of nitrogens with one attached hydrogen (secondary N) is 2. The van der Waals surface area contributed by atoms with Gasteiger partial charge in [-0.25, -0.2) is 8.78 Å². The molecule has 2 aliphatic rings. The van der Waals surface area contributed by atoms with Crippen molar-refractivity contribution in [1.29, 1.82) is 0 Å². The number of aromatic nitrogens is 3. The van der Waals surface area contributed by atoms with Gasteiger partial charge < -0.3 is 24.4 Å². The van der Waals surface area contributed by atoms with E-state index in [0.29, 0.717) is 47.9 Å². The van der Waals surface area contributed by atoms with Crippen molar-refractivity contribution in [3.63, 3.8) is 0 Å². The predicted octanol–water partition coefficient (Wildman–Crippen LogP) is 4.71. The molecular weight excluding hydrogens is 548 g/mol. The fourth-order valence-corrected chi connectivity index (χ4v) is 5.22. The molecule has 1 atom stereocenters. The number of ether oxygens (including phenoxy) is 1. The summed E-state index contributed by atoms with van der Waals surface area (Å²) in [6.07, 6.45) is 1.78. The van der Waals surface area contributed by atoms with Gasteiger partial charge in [-0.05, 0) is 65.7 Å². The van der Waals surface area contributed by atoms with Crippen molar-refractivity contribution < 1.29 is 32.2 Å².